The highest BCUT2D eigenvalue weighted by Gasteiger charge is 2.19. The molecule has 0 saturated carbocycles. The molecule has 6 heteroatoms. The molecule has 0 fully saturated rings. The summed E-state index contributed by atoms with van der Waals surface area (Å²) in [6, 6.07) is 0. The van der Waals surface area contributed by atoms with Crippen molar-refractivity contribution >= 4 is 17.9 Å². The van der Waals surface area contributed by atoms with E-state index in [-0.39, 0.29) is 31.1 Å². The number of esters is 3. The first kappa shape index (κ1) is 63.6. The van der Waals surface area contributed by atoms with Crippen LogP contribution in [0.4, 0.5) is 0 Å². The standard InChI is InChI=1S/C61H104O6/c1-4-7-10-13-16-19-22-25-27-29-30-32-33-36-39-42-45-48-51-54-60(63)66-57-58(56-65-59(62)53-50-47-44-41-38-35-24-21-18-15-12-9-6-3)67-61(64)55-52-49-46-43-40-37-34-31-28-26-23-20-17-14-11-8-5-2/h16-17,19-21,24-28,30,32,36,39,58H,4-15,18,22-23,29,31,33-35,37-38,40-57H2,1-3H3/b19-16+,20-17+,24-21+,27-25+,28-26+,32-30+,39-36+/t58-/m1/s1. The second-order valence-electron chi connectivity index (χ2n) is 18.5. The molecule has 0 aromatic heterocycles. The molecule has 384 valence electrons. The third-order valence-corrected chi connectivity index (χ3v) is 11.8. The SMILES string of the molecule is CCCCC/C=C/C/C=C/C/C=C/C/C=C/CCCCCC(=O)OC[C@@H](COC(=O)CCCCCCC/C=C/CCCCCC)OC(=O)CCCCCCCCC/C=C/C/C=C/CCCCC. The molecule has 0 spiro atoms. The highest BCUT2D eigenvalue weighted by Crippen LogP contribution is 2.14. The lowest BCUT2D eigenvalue weighted by Gasteiger charge is -2.18. The number of unbranched alkanes of at least 4 members (excludes halogenated alkanes) is 25. The zero-order chi connectivity index (χ0) is 48.6. The van der Waals surface area contributed by atoms with E-state index in [1.165, 1.54) is 122 Å². The summed E-state index contributed by atoms with van der Waals surface area (Å²) in [7, 11) is 0. The minimum absolute atomic E-state index is 0.0946. The number of rotatable bonds is 50. The van der Waals surface area contributed by atoms with E-state index in [1.807, 2.05) is 0 Å². The Morgan fingerprint density at radius 2 is 0.537 bits per heavy atom. The number of hydrogen-bond donors (Lipinski definition) is 0. The van der Waals surface area contributed by atoms with Gasteiger partial charge in [-0.2, -0.15) is 0 Å². The van der Waals surface area contributed by atoms with Gasteiger partial charge in [-0.3, -0.25) is 14.4 Å². The predicted molar refractivity (Wildman–Crippen MR) is 288 cm³/mol. The highest BCUT2D eigenvalue weighted by molar-refractivity contribution is 5.71. The molecule has 6 nitrogen and oxygen atoms in total. The van der Waals surface area contributed by atoms with Gasteiger partial charge in [-0.15, -0.1) is 0 Å². The van der Waals surface area contributed by atoms with E-state index >= 15 is 0 Å². The van der Waals surface area contributed by atoms with Crippen molar-refractivity contribution in [1.82, 2.24) is 0 Å². The summed E-state index contributed by atoms with van der Waals surface area (Å²) in [4.78, 5) is 38.1. The van der Waals surface area contributed by atoms with Crippen molar-refractivity contribution in [2.75, 3.05) is 13.2 Å². The van der Waals surface area contributed by atoms with Gasteiger partial charge < -0.3 is 14.2 Å². The van der Waals surface area contributed by atoms with E-state index in [1.54, 1.807) is 0 Å². The summed E-state index contributed by atoms with van der Waals surface area (Å²) < 4.78 is 16.8. The monoisotopic (exact) mass is 933 g/mol. The molecule has 0 rings (SSSR count). The molecule has 0 aromatic carbocycles. The molecule has 0 heterocycles. The van der Waals surface area contributed by atoms with E-state index in [0.717, 1.165) is 103 Å². The largest absolute Gasteiger partial charge is 0.462 e. The minimum atomic E-state index is -0.798. The predicted octanol–water partition coefficient (Wildman–Crippen LogP) is 18.8. The molecule has 0 aliphatic rings. The number of hydrogen-bond acceptors (Lipinski definition) is 6. The summed E-state index contributed by atoms with van der Waals surface area (Å²) in [5.41, 5.74) is 0. The molecule has 0 amide bonds. The van der Waals surface area contributed by atoms with Crippen molar-refractivity contribution < 1.29 is 28.6 Å². The summed E-state index contributed by atoms with van der Waals surface area (Å²) in [6.07, 6.45) is 71.3. The Morgan fingerprint density at radius 1 is 0.299 bits per heavy atom. The van der Waals surface area contributed by atoms with Gasteiger partial charge in [0.15, 0.2) is 6.10 Å². The molecule has 1 atom stereocenters. The Morgan fingerprint density at radius 3 is 0.896 bits per heavy atom. The summed E-state index contributed by atoms with van der Waals surface area (Å²) in [5, 5.41) is 0. The maximum Gasteiger partial charge on any atom is 0.306 e. The quantitative estimate of drug-likeness (QED) is 0.0262. The van der Waals surface area contributed by atoms with Gasteiger partial charge in [0.2, 0.25) is 0 Å². The van der Waals surface area contributed by atoms with Crippen LogP contribution in [0, 0.1) is 0 Å². The first-order valence-electron chi connectivity index (χ1n) is 28.1. The zero-order valence-electron chi connectivity index (χ0n) is 43.9. The van der Waals surface area contributed by atoms with Crippen LogP contribution >= 0.6 is 0 Å². The second-order valence-corrected chi connectivity index (χ2v) is 18.5. The van der Waals surface area contributed by atoms with Gasteiger partial charge in [-0.05, 0) is 122 Å². The van der Waals surface area contributed by atoms with E-state index in [4.69, 9.17) is 14.2 Å². The van der Waals surface area contributed by atoms with Crippen molar-refractivity contribution in [3.05, 3.63) is 85.1 Å². The Hall–Kier alpha value is -3.41. The molecule has 67 heavy (non-hydrogen) atoms. The fraction of sp³-hybridized carbons (Fsp3) is 0.721. The maximum absolute atomic E-state index is 12.8. The summed E-state index contributed by atoms with van der Waals surface area (Å²) >= 11 is 0. The van der Waals surface area contributed by atoms with E-state index < -0.39 is 6.10 Å². The lowest BCUT2D eigenvalue weighted by Crippen LogP contribution is -2.30. The van der Waals surface area contributed by atoms with Crippen LogP contribution in [0.5, 0.6) is 0 Å². The molecule has 0 aliphatic heterocycles. The van der Waals surface area contributed by atoms with Crippen molar-refractivity contribution in [1.29, 1.82) is 0 Å². The van der Waals surface area contributed by atoms with Gasteiger partial charge in [-0.25, -0.2) is 0 Å². The van der Waals surface area contributed by atoms with Crippen molar-refractivity contribution in [3.63, 3.8) is 0 Å². The third-order valence-electron chi connectivity index (χ3n) is 11.8. The molecule has 0 aromatic rings. The van der Waals surface area contributed by atoms with Crippen molar-refractivity contribution in [2.24, 2.45) is 0 Å². The highest BCUT2D eigenvalue weighted by atomic mass is 16.6. The third kappa shape index (κ3) is 53.4. The van der Waals surface area contributed by atoms with Gasteiger partial charge >= 0.3 is 17.9 Å². The van der Waals surface area contributed by atoms with Gasteiger partial charge in [-0.1, -0.05) is 209 Å². The molecule has 0 radical (unpaired) electrons. The van der Waals surface area contributed by atoms with Gasteiger partial charge in [0.05, 0.1) is 0 Å². The topological polar surface area (TPSA) is 78.9 Å². The van der Waals surface area contributed by atoms with E-state index in [9.17, 15) is 14.4 Å². The lowest BCUT2D eigenvalue weighted by atomic mass is 10.1. The summed E-state index contributed by atoms with van der Waals surface area (Å²) in [5.74, 6) is -0.939. The Kier molecular flexibility index (Phi) is 52.4. The van der Waals surface area contributed by atoms with Crippen LogP contribution in [-0.2, 0) is 28.6 Å². The molecule has 0 aliphatic carbocycles. The fourth-order valence-electron chi connectivity index (χ4n) is 7.57. The normalized spacial score (nSPS) is 12.7. The van der Waals surface area contributed by atoms with Crippen LogP contribution in [0.15, 0.2) is 85.1 Å². The average Bonchev–Trinajstić information content (AvgIpc) is 3.33. The van der Waals surface area contributed by atoms with Gasteiger partial charge in [0, 0.05) is 19.3 Å². The van der Waals surface area contributed by atoms with Crippen LogP contribution in [-0.4, -0.2) is 37.2 Å². The number of carbonyl (C=O) groups excluding carboxylic acids is 3. The first-order valence-corrected chi connectivity index (χ1v) is 28.1. The van der Waals surface area contributed by atoms with Crippen LogP contribution in [0.25, 0.3) is 0 Å². The van der Waals surface area contributed by atoms with Crippen molar-refractivity contribution in [3.8, 4) is 0 Å². The molecule has 0 bridgehead atoms. The Balaban J connectivity index is 4.46. The maximum atomic E-state index is 12.8. The first-order chi connectivity index (χ1) is 33.0. The van der Waals surface area contributed by atoms with Crippen molar-refractivity contribution in [2.45, 2.75) is 271 Å². The zero-order valence-corrected chi connectivity index (χ0v) is 43.9. The van der Waals surface area contributed by atoms with Crippen LogP contribution in [0.1, 0.15) is 265 Å². The second kappa shape index (κ2) is 55.2. The lowest BCUT2D eigenvalue weighted by molar-refractivity contribution is -0.167. The van der Waals surface area contributed by atoms with Crippen LogP contribution in [0.2, 0.25) is 0 Å². The smallest absolute Gasteiger partial charge is 0.306 e. The molecule has 0 N–H and O–H groups in total. The fourth-order valence-corrected chi connectivity index (χ4v) is 7.57. The molecular weight excluding hydrogens is 829 g/mol. The van der Waals surface area contributed by atoms with E-state index in [2.05, 4.69) is 106 Å². The van der Waals surface area contributed by atoms with Gasteiger partial charge in [0.1, 0.15) is 13.2 Å². The number of carbonyl (C=O) groups is 3. The minimum Gasteiger partial charge on any atom is -0.462 e. The molecule has 0 unspecified atom stereocenters. The average molecular weight is 933 g/mol. The Bertz CT molecular complexity index is 1300. The Labute approximate surface area is 414 Å². The molecular formula is C61H104O6. The van der Waals surface area contributed by atoms with Gasteiger partial charge in [0.25, 0.3) is 0 Å². The summed E-state index contributed by atoms with van der Waals surface area (Å²) in [6.45, 7) is 6.54. The number of allylic oxidation sites excluding steroid dienone is 14. The van der Waals surface area contributed by atoms with Crippen LogP contribution < -0.4 is 0 Å². The number of ether oxygens (including phenoxy) is 3. The molecule has 0 saturated heterocycles. The van der Waals surface area contributed by atoms with E-state index in [0.29, 0.717) is 19.3 Å². The van der Waals surface area contributed by atoms with Crippen LogP contribution in [0.3, 0.4) is 0 Å².